The summed E-state index contributed by atoms with van der Waals surface area (Å²) in [5, 5.41) is 0.881. The van der Waals surface area contributed by atoms with Crippen molar-refractivity contribution in [3.05, 3.63) is 64.6 Å². The summed E-state index contributed by atoms with van der Waals surface area (Å²) < 4.78 is 7.71. The van der Waals surface area contributed by atoms with Crippen LogP contribution >= 0.6 is 0 Å². The van der Waals surface area contributed by atoms with E-state index in [0.29, 0.717) is 17.8 Å². The number of benzene rings is 1. The van der Waals surface area contributed by atoms with Crippen LogP contribution in [-0.4, -0.2) is 15.2 Å². The van der Waals surface area contributed by atoms with Crippen LogP contribution in [0.15, 0.2) is 53.5 Å². The van der Waals surface area contributed by atoms with Gasteiger partial charge in [0.1, 0.15) is 11.4 Å². The lowest BCUT2D eigenvalue weighted by Crippen LogP contribution is -2.27. The summed E-state index contributed by atoms with van der Waals surface area (Å²) in [5.74, 6) is 0.685. The van der Waals surface area contributed by atoms with Crippen LogP contribution in [0, 0.1) is 0 Å². The molecule has 0 radical (unpaired) electrons. The Labute approximate surface area is 128 Å². The summed E-state index contributed by atoms with van der Waals surface area (Å²) >= 11 is 0. The van der Waals surface area contributed by atoms with Crippen LogP contribution in [0.3, 0.4) is 0 Å². The summed E-state index contributed by atoms with van der Waals surface area (Å²) in [6.07, 6.45) is 2.31. The summed E-state index contributed by atoms with van der Waals surface area (Å²) in [5.41, 5.74) is 1.78. The molecule has 3 aromatic rings. The number of pyridine rings is 2. The fourth-order valence-corrected chi connectivity index (χ4v) is 3.07. The molecule has 2 aromatic heterocycles. The van der Waals surface area contributed by atoms with Crippen LogP contribution in [0.2, 0.25) is 0 Å². The normalized spacial score (nSPS) is 15.5. The summed E-state index contributed by atoms with van der Waals surface area (Å²) in [6, 6.07) is 13.4. The van der Waals surface area contributed by atoms with Crippen molar-refractivity contribution in [2.24, 2.45) is 0 Å². The van der Waals surface area contributed by atoms with E-state index in [4.69, 9.17) is 4.74 Å². The maximum atomic E-state index is 13.0. The first-order valence-electron chi connectivity index (χ1n) is 7.34. The van der Waals surface area contributed by atoms with Crippen LogP contribution in [0.4, 0.5) is 0 Å². The van der Waals surface area contributed by atoms with E-state index in [9.17, 15) is 4.79 Å². The van der Waals surface area contributed by atoms with Crippen molar-refractivity contribution in [2.45, 2.75) is 25.9 Å². The SMILES string of the molecule is CC1(C)Cc2c(c3cccnc3n(-c3ccccc3)c2=O)O1. The Balaban J connectivity index is 2.14. The third-order valence-corrected chi connectivity index (χ3v) is 3.97. The lowest BCUT2D eigenvalue weighted by molar-refractivity contribution is 0.140. The Morgan fingerprint density at radius 1 is 1.14 bits per heavy atom. The van der Waals surface area contributed by atoms with E-state index < -0.39 is 0 Å². The van der Waals surface area contributed by atoms with E-state index >= 15 is 0 Å². The smallest absolute Gasteiger partial charge is 0.263 e. The molecule has 0 atom stereocenters. The average molecular weight is 292 g/mol. The molecule has 0 saturated carbocycles. The second-order valence-corrected chi connectivity index (χ2v) is 6.20. The number of aromatic nitrogens is 2. The van der Waals surface area contributed by atoms with Crippen molar-refractivity contribution in [3.63, 3.8) is 0 Å². The molecular formula is C18H16N2O2. The zero-order chi connectivity index (χ0) is 15.3. The van der Waals surface area contributed by atoms with Crippen LogP contribution < -0.4 is 10.3 Å². The summed E-state index contributed by atoms with van der Waals surface area (Å²) in [4.78, 5) is 17.4. The van der Waals surface area contributed by atoms with Crippen molar-refractivity contribution in [1.29, 1.82) is 0 Å². The van der Waals surface area contributed by atoms with Gasteiger partial charge in [-0.15, -0.1) is 0 Å². The first kappa shape index (κ1) is 13.1. The number of rotatable bonds is 1. The zero-order valence-corrected chi connectivity index (χ0v) is 12.5. The van der Waals surface area contributed by atoms with Crippen LogP contribution in [-0.2, 0) is 6.42 Å². The van der Waals surface area contributed by atoms with Gasteiger partial charge in [0.2, 0.25) is 0 Å². The van der Waals surface area contributed by atoms with Gasteiger partial charge >= 0.3 is 0 Å². The molecule has 0 unspecified atom stereocenters. The molecular weight excluding hydrogens is 276 g/mol. The molecule has 0 aliphatic carbocycles. The van der Waals surface area contributed by atoms with Gasteiger partial charge in [-0.2, -0.15) is 0 Å². The maximum absolute atomic E-state index is 13.0. The van der Waals surface area contributed by atoms with Gasteiger partial charge in [0, 0.05) is 12.6 Å². The van der Waals surface area contributed by atoms with Crippen molar-refractivity contribution < 1.29 is 4.74 Å². The molecule has 0 spiro atoms. The fourth-order valence-electron chi connectivity index (χ4n) is 3.07. The van der Waals surface area contributed by atoms with Crippen LogP contribution in [0.1, 0.15) is 19.4 Å². The number of nitrogens with zero attached hydrogens (tertiary/aromatic N) is 2. The molecule has 4 nitrogen and oxygen atoms in total. The second kappa shape index (κ2) is 4.44. The molecule has 0 amide bonds. The standard InChI is InChI=1S/C18H16N2O2/c1-18(2)11-14-15(22-18)13-9-6-10-19-16(13)20(17(14)21)12-7-4-3-5-8-12/h3-10H,11H2,1-2H3. The highest BCUT2D eigenvalue weighted by molar-refractivity contribution is 5.85. The average Bonchev–Trinajstić information content (AvgIpc) is 2.85. The first-order valence-corrected chi connectivity index (χ1v) is 7.34. The number of fused-ring (bicyclic) bond motifs is 3. The quantitative estimate of drug-likeness (QED) is 0.692. The molecule has 4 rings (SSSR count). The number of ether oxygens (including phenoxy) is 1. The highest BCUT2D eigenvalue weighted by Gasteiger charge is 2.35. The van der Waals surface area contributed by atoms with Crippen LogP contribution in [0.5, 0.6) is 5.75 Å². The molecule has 3 heterocycles. The van der Waals surface area contributed by atoms with Crippen molar-refractivity contribution in [2.75, 3.05) is 0 Å². The molecule has 1 aliphatic rings. The van der Waals surface area contributed by atoms with E-state index in [2.05, 4.69) is 4.98 Å². The van der Waals surface area contributed by atoms with Crippen molar-refractivity contribution in [1.82, 2.24) is 9.55 Å². The summed E-state index contributed by atoms with van der Waals surface area (Å²) in [6.45, 7) is 4.00. The minimum Gasteiger partial charge on any atom is -0.486 e. The van der Waals surface area contributed by atoms with E-state index in [0.717, 1.165) is 16.6 Å². The van der Waals surface area contributed by atoms with Gasteiger partial charge in [0.15, 0.2) is 5.65 Å². The molecule has 1 aromatic carbocycles. The van der Waals surface area contributed by atoms with E-state index in [-0.39, 0.29) is 11.2 Å². The lowest BCUT2D eigenvalue weighted by Gasteiger charge is -2.17. The second-order valence-electron chi connectivity index (χ2n) is 6.20. The predicted octanol–water partition coefficient (Wildman–Crippen LogP) is 3.10. The van der Waals surface area contributed by atoms with E-state index in [1.165, 1.54) is 0 Å². The molecule has 0 bridgehead atoms. The van der Waals surface area contributed by atoms with Crippen molar-refractivity contribution >= 4 is 11.0 Å². The van der Waals surface area contributed by atoms with Crippen LogP contribution in [0.25, 0.3) is 16.7 Å². The number of hydrogen-bond donors (Lipinski definition) is 0. The topological polar surface area (TPSA) is 44.1 Å². The van der Waals surface area contributed by atoms with Gasteiger partial charge in [0.05, 0.1) is 16.6 Å². The third-order valence-electron chi connectivity index (χ3n) is 3.97. The molecule has 0 N–H and O–H groups in total. The largest absolute Gasteiger partial charge is 0.486 e. The van der Waals surface area contributed by atoms with Gasteiger partial charge in [-0.25, -0.2) is 4.98 Å². The van der Waals surface area contributed by atoms with Crippen molar-refractivity contribution in [3.8, 4) is 11.4 Å². The summed E-state index contributed by atoms with van der Waals surface area (Å²) in [7, 11) is 0. The molecule has 110 valence electrons. The van der Waals surface area contributed by atoms with Gasteiger partial charge in [-0.3, -0.25) is 9.36 Å². The monoisotopic (exact) mass is 292 g/mol. The molecule has 0 saturated heterocycles. The Hall–Kier alpha value is -2.62. The minimum absolute atomic E-state index is 0.0435. The minimum atomic E-state index is -0.361. The highest BCUT2D eigenvalue weighted by atomic mass is 16.5. The predicted molar refractivity (Wildman–Crippen MR) is 85.8 cm³/mol. The van der Waals surface area contributed by atoms with Gasteiger partial charge < -0.3 is 4.74 Å². The lowest BCUT2D eigenvalue weighted by atomic mass is 10.0. The molecule has 22 heavy (non-hydrogen) atoms. The highest BCUT2D eigenvalue weighted by Crippen LogP contribution is 2.38. The number of para-hydroxylation sites is 1. The van der Waals surface area contributed by atoms with E-state index in [1.807, 2.05) is 56.3 Å². The Bertz CT molecular complexity index is 927. The van der Waals surface area contributed by atoms with Gasteiger partial charge in [-0.05, 0) is 38.1 Å². The molecule has 0 fully saturated rings. The Morgan fingerprint density at radius 2 is 1.91 bits per heavy atom. The molecule has 4 heteroatoms. The molecule has 1 aliphatic heterocycles. The van der Waals surface area contributed by atoms with Gasteiger partial charge in [-0.1, -0.05) is 18.2 Å². The van der Waals surface area contributed by atoms with Gasteiger partial charge in [0.25, 0.3) is 5.56 Å². The fraction of sp³-hybridized carbons (Fsp3) is 0.222. The Morgan fingerprint density at radius 3 is 2.68 bits per heavy atom. The zero-order valence-electron chi connectivity index (χ0n) is 12.5. The first-order chi connectivity index (χ1) is 10.6. The van der Waals surface area contributed by atoms with E-state index in [1.54, 1.807) is 10.8 Å². The Kier molecular flexibility index (Phi) is 2.64. The third kappa shape index (κ3) is 1.84. The number of hydrogen-bond acceptors (Lipinski definition) is 3. The maximum Gasteiger partial charge on any atom is 0.263 e.